The number of aliphatic hydroxyl groups is 1. The van der Waals surface area contributed by atoms with Crippen molar-refractivity contribution >= 4 is 23.2 Å². The highest BCUT2D eigenvalue weighted by atomic mass is 16.6. The third-order valence-electron chi connectivity index (χ3n) is 2.78. The van der Waals surface area contributed by atoms with Gasteiger partial charge in [0.15, 0.2) is 5.58 Å². The molecule has 0 saturated carbocycles. The Balaban J connectivity index is 2.37. The van der Waals surface area contributed by atoms with Gasteiger partial charge in [0.2, 0.25) is 0 Å². The van der Waals surface area contributed by atoms with Gasteiger partial charge in [-0.25, -0.2) is 9.69 Å². The summed E-state index contributed by atoms with van der Waals surface area (Å²) in [5, 5.41) is 9.37. The molecule has 1 heterocycles. The molecule has 2 rings (SSSR count). The molecule has 0 saturated heterocycles. The van der Waals surface area contributed by atoms with Crippen LogP contribution in [0.1, 0.15) is 27.7 Å². The first-order valence-corrected chi connectivity index (χ1v) is 6.80. The molecule has 0 fully saturated rings. The fourth-order valence-electron chi connectivity index (χ4n) is 1.80. The van der Waals surface area contributed by atoms with Crippen LogP contribution in [0.25, 0.3) is 11.1 Å². The molecule has 114 valence electrons. The number of amides is 1. The van der Waals surface area contributed by atoms with Gasteiger partial charge in [0.05, 0.1) is 12.6 Å². The van der Waals surface area contributed by atoms with Gasteiger partial charge in [-0.15, -0.1) is 0 Å². The topological polar surface area (TPSA) is 75.8 Å². The molecule has 2 aromatic rings. The smallest absolute Gasteiger partial charge is 0.418 e. The van der Waals surface area contributed by atoms with Gasteiger partial charge in [-0.1, -0.05) is 12.1 Å². The zero-order chi connectivity index (χ0) is 15.6. The van der Waals surface area contributed by atoms with E-state index in [1.807, 2.05) is 12.1 Å². The van der Waals surface area contributed by atoms with E-state index in [4.69, 9.17) is 9.15 Å². The number of nitrogens with zero attached hydrogens (tertiary/aromatic N) is 2. The van der Waals surface area contributed by atoms with Crippen LogP contribution in [0.15, 0.2) is 28.7 Å². The standard InChI is InChI=1S/C15H20N2O4/c1-10(9-18)17(14(19)21-15(2,3)4)13-16-11-7-5-6-8-12(11)20-13/h5-8,10,18H,9H2,1-4H3. The van der Waals surface area contributed by atoms with Crippen molar-refractivity contribution in [3.63, 3.8) is 0 Å². The molecule has 0 aliphatic heterocycles. The number of ether oxygens (including phenoxy) is 1. The number of hydrogen-bond donors (Lipinski definition) is 1. The molecule has 0 aliphatic carbocycles. The molecule has 1 atom stereocenters. The van der Waals surface area contributed by atoms with Gasteiger partial charge in [0, 0.05) is 0 Å². The Bertz CT molecular complexity index is 597. The number of anilines is 1. The number of para-hydroxylation sites is 2. The second-order valence-corrected chi connectivity index (χ2v) is 5.85. The van der Waals surface area contributed by atoms with Crippen molar-refractivity contribution in [1.82, 2.24) is 4.98 Å². The number of carbonyl (C=O) groups is 1. The van der Waals surface area contributed by atoms with E-state index < -0.39 is 17.7 Å². The van der Waals surface area contributed by atoms with Gasteiger partial charge in [-0.3, -0.25) is 0 Å². The zero-order valence-electron chi connectivity index (χ0n) is 12.7. The van der Waals surface area contributed by atoms with E-state index in [-0.39, 0.29) is 12.6 Å². The van der Waals surface area contributed by atoms with Gasteiger partial charge >= 0.3 is 12.1 Å². The van der Waals surface area contributed by atoms with Crippen molar-refractivity contribution < 1.29 is 19.1 Å². The van der Waals surface area contributed by atoms with Crippen LogP contribution in [0.4, 0.5) is 10.8 Å². The highest BCUT2D eigenvalue weighted by molar-refractivity contribution is 5.87. The molecule has 0 aliphatic rings. The number of oxazole rings is 1. The highest BCUT2D eigenvalue weighted by Crippen LogP contribution is 2.25. The lowest BCUT2D eigenvalue weighted by Gasteiger charge is -2.28. The van der Waals surface area contributed by atoms with Crippen molar-refractivity contribution in [2.45, 2.75) is 39.3 Å². The van der Waals surface area contributed by atoms with Crippen LogP contribution in [-0.2, 0) is 4.74 Å². The van der Waals surface area contributed by atoms with Crippen LogP contribution >= 0.6 is 0 Å². The van der Waals surface area contributed by atoms with Crippen molar-refractivity contribution in [3.05, 3.63) is 24.3 Å². The second kappa shape index (κ2) is 5.73. The summed E-state index contributed by atoms with van der Waals surface area (Å²) in [4.78, 5) is 17.8. The third-order valence-corrected chi connectivity index (χ3v) is 2.78. The number of aromatic nitrogens is 1. The first-order chi connectivity index (χ1) is 9.81. The maximum Gasteiger partial charge on any atom is 0.418 e. The first-order valence-electron chi connectivity index (χ1n) is 6.80. The molecule has 1 unspecified atom stereocenters. The Labute approximate surface area is 123 Å². The summed E-state index contributed by atoms with van der Waals surface area (Å²) in [6, 6.07) is 6.83. The van der Waals surface area contributed by atoms with Gasteiger partial charge in [-0.05, 0) is 39.8 Å². The predicted octanol–water partition coefficient (Wildman–Crippen LogP) is 2.95. The highest BCUT2D eigenvalue weighted by Gasteiger charge is 2.30. The van der Waals surface area contributed by atoms with E-state index in [1.54, 1.807) is 39.8 Å². The lowest BCUT2D eigenvalue weighted by molar-refractivity contribution is 0.0546. The number of fused-ring (bicyclic) bond motifs is 1. The summed E-state index contributed by atoms with van der Waals surface area (Å²) in [6.45, 7) is 6.80. The van der Waals surface area contributed by atoms with Gasteiger partial charge in [-0.2, -0.15) is 4.98 Å². The lowest BCUT2D eigenvalue weighted by Crippen LogP contribution is -2.44. The van der Waals surface area contributed by atoms with Gasteiger partial charge in [0.1, 0.15) is 11.1 Å². The predicted molar refractivity (Wildman–Crippen MR) is 79.3 cm³/mol. The Morgan fingerprint density at radius 3 is 2.67 bits per heavy atom. The maximum atomic E-state index is 12.3. The molecule has 6 heteroatoms. The molecule has 0 bridgehead atoms. The number of benzene rings is 1. The molecule has 1 aromatic carbocycles. The Hall–Kier alpha value is -2.08. The van der Waals surface area contributed by atoms with Crippen LogP contribution in [-0.4, -0.2) is 34.4 Å². The van der Waals surface area contributed by atoms with Crippen molar-refractivity contribution in [2.75, 3.05) is 11.5 Å². The molecule has 0 radical (unpaired) electrons. The molecule has 6 nitrogen and oxygen atoms in total. The second-order valence-electron chi connectivity index (χ2n) is 5.85. The molecule has 1 N–H and O–H groups in total. The fourth-order valence-corrected chi connectivity index (χ4v) is 1.80. The quantitative estimate of drug-likeness (QED) is 0.941. The average molecular weight is 292 g/mol. The van der Waals surface area contributed by atoms with E-state index in [1.165, 1.54) is 4.90 Å². The maximum absolute atomic E-state index is 12.3. The number of aliphatic hydroxyl groups excluding tert-OH is 1. The van der Waals surface area contributed by atoms with Gasteiger partial charge < -0.3 is 14.3 Å². The third kappa shape index (κ3) is 3.52. The SMILES string of the molecule is CC(CO)N(C(=O)OC(C)(C)C)c1nc2ccccc2o1. The van der Waals surface area contributed by atoms with Gasteiger partial charge in [0.25, 0.3) is 0 Å². The van der Waals surface area contributed by atoms with Crippen molar-refractivity contribution in [2.24, 2.45) is 0 Å². The summed E-state index contributed by atoms with van der Waals surface area (Å²) in [5.74, 6) is 0. The van der Waals surface area contributed by atoms with E-state index in [2.05, 4.69) is 4.98 Å². The molecule has 1 amide bonds. The summed E-state index contributed by atoms with van der Waals surface area (Å²) in [7, 11) is 0. The summed E-state index contributed by atoms with van der Waals surface area (Å²) in [5.41, 5.74) is 0.577. The van der Waals surface area contributed by atoms with Crippen LogP contribution in [0.5, 0.6) is 0 Å². The Morgan fingerprint density at radius 1 is 1.43 bits per heavy atom. The van der Waals surface area contributed by atoms with Crippen LogP contribution in [0, 0.1) is 0 Å². The molecule has 21 heavy (non-hydrogen) atoms. The van der Waals surface area contributed by atoms with E-state index in [0.717, 1.165) is 0 Å². The zero-order valence-corrected chi connectivity index (χ0v) is 12.7. The molecular formula is C15H20N2O4. The number of carbonyl (C=O) groups excluding carboxylic acids is 1. The largest absolute Gasteiger partial charge is 0.443 e. The summed E-state index contributed by atoms with van der Waals surface area (Å²) in [6.07, 6.45) is -0.601. The minimum atomic E-state index is -0.642. The van der Waals surface area contributed by atoms with Crippen LogP contribution in [0.3, 0.4) is 0 Å². The molecular weight excluding hydrogens is 272 g/mol. The number of rotatable bonds is 3. The fraction of sp³-hybridized carbons (Fsp3) is 0.467. The first kappa shape index (κ1) is 15.3. The number of hydrogen-bond acceptors (Lipinski definition) is 5. The van der Waals surface area contributed by atoms with Crippen molar-refractivity contribution in [1.29, 1.82) is 0 Å². The average Bonchev–Trinajstić information content (AvgIpc) is 2.79. The monoisotopic (exact) mass is 292 g/mol. The summed E-state index contributed by atoms with van der Waals surface area (Å²) < 4.78 is 10.9. The minimum absolute atomic E-state index is 0.118. The normalized spacial score (nSPS) is 13.2. The van der Waals surface area contributed by atoms with Crippen LogP contribution in [0.2, 0.25) is 0 Å². The van der Waals surface area contributed by atoms with E-state index in [9.17, 15) is 9.90 Å². The Kier molecular flexibility index (Phi) is 4.18. The summed E-state index contributed by atoms with van der Waals surface area (Å²) >= 11 is 0. The van der Waals surface area contributed by atoms with Crippen molar-refractivity contribution in [3.8, 4) is 0 Å². The molecule has 0 spiro atoms. The minimum Gasteiger partial charge on any atom is -0.443 e. The molecule has 1 aromatic heterocycles. The lowest BCUT2D eigenvalue weighted by atomic mass is 10.2. The van der Waals surface area contributed by atoms with E-state index >= 15 is 0 Å². The van der Waals surface area contributed by atoms with E-state index in [0.29, 0.717) is 11.1 Å². The Morgan fingerprint density at radius 2 is 2.10 bits per heavy atom. The van der Waals surface area contributed by atoms with Crippen LogP contribution < -0.4 is 4.90 Å².